The lowest BCUT2D eigenvalue weighted by Crippen LogP contribution is -2.44. The van der Waals surface area contributed by atoms with Gasteiger partial charge in [-0.1, -0.05) is 6.08 Å². The molecular formula is C13H17ClF2N2. The molecule has 1 fully saturated rings. The number of nitrogens with zero attached hydrogens (tertiary/aromatic N) is 1. The Morgan fingerprint density at radius 2 is 1.72 bits per heavy atom. The van der Waals surface area contributed by atoms with Crippen molar-refractivity contribution >= 4 is 12.4 Å². The summed E-state index contributed by atoms with van der Waals surface area (Å²) in [6, 6.07) is 3.51. The van der Waals surface area contributed by atoms with E-state index in [2.05, 4.69) is 16.8 Å². The van der Waals surface area contributed by atoms with E-state index in [1.807, 2.05) is 0 Å². The molecule has 0 spiro atoms. The van der Waals surface area contributed by atoms with E-state index in [1.165, 1.54) is 12.1 Å². The molecule has 2 rings (SSSR count). The van der Waals surface area contributed by atoms with E-state index in [0.29, 0.717) is 5.56 Å². The molecule has 0 radical (unpaired) electrons. The molecule has 2 nitrogen and oxygen atoms in total. The first kappa shape index (κ1) is 15.1. The Kier molecular flexibility index (Phi) is 5.72. The van der Waals surface area contributed by atoms with E-state index < -0.39 is 11.6 Å². The summed E-state index contributed by atoms with van der Waals surface area (Å²) < 4.78 is 26.4. The highest BCUT2D eigenvalue weighted by atomic mass is 35.5. The van der Waals surface area contributed by atoms with Crippen LogP contribution >= 0.6 is 12.4 Å². The van der Waals surface area contributed by atoms with Crippen LogP contribution in [-0.2, 0) is 0 Å². The van der Waals surface area contributed by atoms with Gasteiger partial charge in [0.1, 0.15) is 11.6 Å². The lowest BCUT2D eigenvalue weighted by Gasteiger charge is -2.33. The fraction of sp³-hybridized carbons (Fsp3) is 0.385. The molecule has 1 aliphatic heterocycles. The van der Waals surface area contributed by atoms with Gasteiger partial charge < -0.3 is 5.32 Å². The summed E-state index contributed by atoms with van der Waals surface area (Å²) in [7, 11) is 0. The van der Waals surface area contributed by atoms with Gasteiger partial charge in [-0.2, -0.15) is 0 Å². The van der Waals surface area contributed by atoms with Gasteiger partial charge in [0.25, 0.3) is 0 Å². The van der Waals surface area contributed by atoms with Crippen molar-refractivity contribution in [1.29, 1.82) is 0 Å². The van der Waals surface area contributed by atoms with Crippen molar-refractivity contribution in [2.24, 2.45) is 0 Å². The standard InChI is InChI=1S/C13H16F2N2.ClH/c1-2-13(17-5-3-16-4-6-17)10-7-11(14)9-12(15)8-10;/h2,7-9,13,16H,1,3-6H2;1H/t13-;/m0./s1. The van der Waals surface area contributed by atoms with E-state index in [4.69, 9.17) is 0 Å². The monoisotopic (exact) mass is 274 g/mol. The Bertz CT molecular complexity index is 386. The highest BCUT2D eigenvalue weighted by Crippen LogP contribution is 2.23. The van der Waals surface area contributed by atoms with Crippen molar-refractivity contribution in [3.05, 3.63) is 48.1 Å². The molecule has 0 aliphatic carbocycles. The van der Waals surface area contributed by atoms with Gasteiger partial charge in [-0.05, 0) is 17.7 Å². The molecule has 1 aliphatic rings. The highest BCUT2D eigenvalue weighted by Gasteiger charge is 2.20. The van der Waals surface area contributed by atoms with Crippen LogP contribution < -0.4 is 5.32 Å². The largest absolute Gasteiger partial charge is 0.314 e. The van der Waals surface area contributed by atoms with Gasteiger partial charge in [0.2, 0.25) is 0 Å². The van der Waals surface area contributed by atoms with Crippen LogP contribution in [0.25, 0.3) is 0 Å². The fourth-order valence-corrected chi connectivity index (χ4v) is 2.20. The lowest BCUT2D eigenvalue weighted by molar-refractivity contribution is 0.203. The molecule has 100 valence electrons. The smallest absolute Gasteiger partial charge is 0.126 e. The SMILES string of the molecule is C=C[C@@H](c1cc(F)cc(F)c1)N1CCNCC1.Cl. The maximum absolute atomic E-state index is 13.2. The average Bonchev–Trinajstić information content (AvgIpc) is 2.30. The summed E-state index contributed by atoms with van der Waals surface area (Å²) in [4.78, 5) is 2.16. The van der Waals surface area contributed by atoms with Gasteiger partial charge in [0, 0.05) is 32.2 Å². The van der Waals surface area contributed by atoms with E-state index in [9.17, 15) is 8.78 Å². The third-order valence-corrected chi connectivity index (χ3v) is 2.99. The zero-order chi connectivity index (χ0) is 12.3. The number of benzene rings is 1. The molecule has 1 atom stereocenters. The van der Waals surface area contributed by atoms with Crippen LogP contribution in [-0.4, -0.2) is 31.1 Å². The third kappa shape index (κ3) is 3.51. The average molecular weight is 275 g/mol. The Morgan fingerprint density at radius 3 is 2.22 bits per heavy atom. The summed E-state index contributed by atoms with van der Waals surface area (Å²) >= 11 is 0. The van der Waals surface area contributed by atoms with Crippen molar-refractivity contribution in [1.82, 2.24) is 10.2 Å². The maximum Gasteiger partial charge on any atom is 0.126 e. The quantitative estimate of drug-likeness (QED) is 0.852. The molecule has 1 aromatic carbocycles. The highest BCUT2D eigenvalue weighted by molar-refractivity contribution is 5.85. The number of piperazine rings is 1. The van der Waals surface area contributed by atoms with Crippen molar-refractivity contribution in [3.63, 3.8) is 0 Å². The minimum Gasteiger partial charge on any atom is -0.314 e. The van der Waals surface area contributed by atoms with Crippen LogP contribution in [0.2, 0.25) is 0 Å². The van der Waals surface area contributed by atoms with Crippen LogP contribution in [0.5, 0.6) is 0 Å². The predicted molar refractivity (Wildman–Crippen MR) is 71.0 cm³/mol. The Balaban J connectivity index is 0.00000162. The van der Waals surface area contributed by atoms with Crippen LogP contribution in [0.1, 0.15) is 11.6 Å². The van der Waals surface area contributed by atoms with Crippen LogP contribution in [0.15, 0.2) is 30.9 Å². The van der Waals surface area contributed by atoms with Gasteiger partial charge in [-0.15, -0.1) is 19.0 Å². The van der Waals surface area contributed by atoms with Gasteiger partial charge in [0.15, 0.2) is 0 Å². The molecule has 1 heterocycles. The molecule has 0 bridgehead atoms. The second-order valence-electron chi connectivity index (χ2n) is 4.17. The molecule has 0 saturated carbocycles. The molecule has 0 amide bonds. The first-order valence-corrected chi connectivity index (χ1v) is 5.74. The molecule has 0 unspecified atom stereocenters. The molecular weight excluding hydrogens is 258 g/mol. The zero-order valence-electron chi connectivity index (χ0n) is 10.0. The summed E-state index contributed by atoms with van der Waals surface area (Å²) in [6.07, 6.45) is 1.74. The molecule has 5 heteroatoms. The zero-order valence-corrected chi connectivity index (χ0v) is 10.9. The van der Waals surface area contributed by atoms with Crippen LogP contribution in [0.4, 0.5) is 8.78 Å². The van der Waals surface area contributed by atoms with Gasteiger partial charge >= 0.3 is 0 Å². The van der Waals surface area contributed by atoms with E-state index in [0.717, 1.165) is 32.2 Å². The third-order valence-electron chi connectivity index (χ3n) is 2.99. The van der Waals surface area contributed by atoms with Gasteiger partial charge in [0.05, 0.1) is 6.04 Å². The Morgan fingerprint density at radius 1 is 1.17 bits per heavy atom. The number of rotatable bonds is 3. The normalized spacial score (nSPS) is 17.9. The first-order chi connectivity index (χ1) is 8.20. The van der Waals surface area contributed by atoms with Crippen molar-refractivity contribution < 1.29 is 8.78 Å². The van der Waals surface area contributed by atoms with Crippen molar-refractivity contribution in [2.45, 2.75) is 6.04 Å². The predicted octanol–water partition coefficient (Wildman–Crippen LogP) is 2.52. The summed E-state index contributed by atoms with van der Waals surface area (Å²) in [5.41, 5.74) is 0.624. The summed E-state index contributed by atoms with van der Waals surface area (Å²) in [5.74, 6) is -1.08. The van der Waals surface area contributed by atoms with E-state index in [-0.39, 0.29) is 18.4 Å². The Labute approximate surface area is 112 Å². The number of hydrogen-bond acceptors (Lipinski definition) is 2. The van der Waals surface area contributed by atoms with Gasteiger partial charge in [-0.25, -0.2) is 8.78 Å². The lowest BCUT2D eigenvalue weighted by atomic mass is 10.0. The topological polar surface area (TPSA) is 15.3 Å². The molecule has 0 aromatic heterocycles. The van der Waals surface area contributed by atoms with E-state index >= 15 is 0 Å². The van der Waals surface area contributed by atoms with Crippen molar-refractivity contribution in [2.75, 3.05) is 26.2 Å². The second-order valence-corrected chi connectivity index (χ2v) is 4.17. The van der Waals surface area contributed by atoms with Crippen LogP contribution in [0.3, 0.4) is 0 Å². The second kappa shape index (κ2) is 6.83. The minimum absolute atomic E-state index is 0. The van der Waals surface area contributed by atoms with Crippen LogP contribution in [0, 0.1) is 11.6 Å². The number of halogens is 3. The molecule has 1 aromatic rings. The summed E-state index contributed by atoms with van der Waals surface area (Å²) in [6.45, 7) is 7.26. The fourth-order valence-electron chi connectivity index (χ4n) is 2.20. The molecule has 18 heavy (non-hydrogen) atoms. The van der Waals surface area contributed by atoms with E-state index in [1.54, 1.807) is 6.08 Å². The molecule has 1 saturated heterocycles. The summed E-state index contributed by atoms with van der Waals surface area (Å²) in [5, 5.41) is 3.24. The number of nitrogens with one attached hydrogen (secondary N) is 1. The maximum atomic E-state index is 13.2. The first-order valence-electron chi connectivity index (χ1n) is 5.74. The number of hydrogen-bond donors (Lipinski definition) is 1. The minimum atomic E-state index is -0.540. The molecule has 1 N–H and O–H groups in total. The van der Waals surface area contributed by atoms with Crippen molar-refractivity contribution in [3.8, 4) is 0 Å². The Hall–Kier alpha value is -0.970. The van der Waals surface area contributed by atoms with Gasteiger partial charge in [-0.3, -0.25) is 4.90 Å².